The van der Waals surface area contributed by atoms with Crippen LogP contribution in [0, 0.1) is 6.92 Å². The molecule has 6 nitrogen and oxygen atoms in total. The number of aromatic carboxylic acids is 1. The van der Waals surface area contributed by atoms with Crippen LogP contribution in [0.5, 0.6) is 0 Å². The minimum absolute atomic E-state index is 0.105. The van der Waals surface area contributed by atoms with Crippen LogP contribution < -0.4 is 5.56 Å². The molecular formula is C14H15N3O3S. The second kappa shape index (κ2) is 6.09. The standard InChI is InChI=1S/C14H15N3O3S/c1-7(2)10-5-9(13(19)20)6-12(16-10)21-14-15-8(3)4-11(18)17-14/h4-7H,1-3H3,(H,19,20)(H,15,17,18). The first-order valence-electron chi connectivity index (χ1n) is 6.36. The molecule has 2 rings (SSSR count). The van der Waals surface area contributed by atoms with Crippen molar-refractivity contribution < 1.29 is 9.90 Å². The van der Waals surface area contributed by atoms with Gasteiger partial charge < -0.3 is 10.1 Å². The van der Waals surface area contributed by atoms with Crippen LogP contribution in [0.2, 0.25) is 0 Å². The molecule has 0 fully saturated rings. The number of carboxylic acids is 1. The van der Waals surface area contributed by atoms with Crippen LogP contribution in [0.4, 0.5) is 0 Å². The Balaban J connectivity index is 2.43. The topological polar surface area (TPSA) is 95.9 Å². The summed E-state index contributed by atoms with van der Waals surface area (Å²) in [6.45, 7) is 5.60. The van der Waals surface area contributed by atoms with Gasteiger partial charge in [0.25, 0.3) is 5.56 Å². The Morgan fingerprint density at radius 1 is 1.29 bits per heavy atom. The molecule has 0 aromatic carbocycles. The van der Waals surface area contributed by atoms with Crippen LogP contribution in [0.1, 0.15) is 41.5 Å². The third-order valence-electron chi connectivity index (χ3n) is 2.71. The zero-order valence-electron chi connectivity index (χ0n) is 11.9. The molecule has 110 valence electrons. The maximum absolute atomic E-state index is 11.4. The Morgan fingerprint density at radius 2 is 2.00 bits per heavy atom. The van der Waals surface area contributed by atoms with Gasteiger partial charge in [0.1, 0.15) is 5.03 Å². The zero-order valence-corrected chi connectivity index (χ0v) is 12.7. The molecule has 0 saturated heterocycles. The molecule has 0 aliphatic rings. The Labute approximate surface area is 125 Å². The van der Waals surface area contributed by atoms with Crippen molar-refractivity contribution in [2.24, 2.45) is 0 Å². The average molecular weight is 305 g/mol. The quantitative estimate of drug-likeness (QED) is 0.842. The Kier molecular flexibility index (Phi) is 4.42. The van der Waals surface area contributed by atoms with Gasteiger partial charge in [-0.05, 0) is 36.7 Å². The van der Waals surface area contributed by atoms with Crippen LogP contribution in [-0.2, 0) is 0 Å². The lowest BCUT2D eigenvalue weighted by atomic mass is 10.1. The van der Waals surface area contributed by atoms with Crippen molar-refractivity contribution in [3.63, 3.8) is 0 Å². The molecule has 0 bridgehead atoms. The van der Waals surface area contributed by atoms with Gasteiger partial charge >= 0.3 is 5.97 Å². The lowest BCUT2D eigenvalue weighted by Crippen LogP contribution is -2.08. The number of H-pyrrole nitrogens is 1. The van der Waals surface area contributed by atoms with Gasteiger partial charge in [0.2, 0.25) is 0 Å². The number of pyridine rings is 1. The molecule has 0 saturated carbocycles. The highest BCUT2D eigenvalue weighted by molar-refractivity contribution is 7.99. The number of aromatic nitrogens is 3. The van der Waals surface area contributed by atoms with Gasteiger partial charge in [-0.2, -0.15) is 0 Å². The predicted molar refractivity (Wildman–Crippen MR) is 79.0 cm³/mol. The SMILES string of the molecule is Cc1cc(=O)[nH]c(Sc2cc(C(=O)O)cc(C(C)C)n2)n1. The van der Waals surface area contributed by atoms with Crippen molar-refractivity contribution in [2.45, 2.75) is 36.9 Å². The first-order chi connectivity index (χ1) is 9.85. The van der Waals surface area contributed by atoms with E-state index in [2.05, 4.69) is 15.0 Å². The van der Waals surface area contributed by atoms with Gasteiger partial charge in [-0.3, -0.25) is 4.79 Å². The van der Waals surface area contributed by atoms with E-state index >= 15 is 0 Å². The number of rotatable bonds is 4. The molecule has 0 aliphatic heterocycles. The van der Waals surface area contributed by atoms with E-state index in [9.17, 15) is 9.59 Å². The molecule has 2 N–H and O–H groups in total. The first kappa shape index (κ1) is 15.2. The molecule has 0 amide bonds. The molecule has 0 spiro atoms. The molecule has 2 heterocycles. The first-order valence-corrected chi connectivity index (χ1v) is 7.18. The number of hydrogen-bond donors (Lipinski definition) is 2. The zero-order chi connectivity index (χ0) is 15.6. The third kappa shape index (κ3) is 3.91. The summed E-state index contributed by atoms with van der Waals surface area (Å²) in [4.78, 5) is 33.8. The molecule has 2 aromatic heterocycles. The highest BCUT2D eigenvalue weighted by Crippen LogP contribution is 2.25. The summed E-state index contributed by atoms with van der Waals surface area (Å²) >= 11 is 1.14. The summed E-state index contributed by atoms with van der Waals surface area (Å²) < 4.78 is 0. The number of aromatic amines is 1. The number of nitrogens with zero attached hydrogens (tertiary/aromatic N) is 2. The van der Waals surface area contributed by atoms with E-state index in [4.69, 9.17) is 5.11 Å². The van der Waals surface area contributed by atoms with E-state index in [-0.39, 0.29) is 17.0 Å². The highest BCUT2D eigenvalue weighted by Gasteiger charge is 2.12. The number of hydrogen-bond acceptors (Lipinski definition) is 5. The highest BCUT2D eigenvalue weighted by atomic mass is 32.2. The molecule has 0 aliphatic carbocycles. The summed E-state index contributed by atoms with van der Waals surface area (Å²) in [5.41, 5.74) is 1.21. The van der Waals surface area contributed by atoms with Gasteiger partial charge in [0.15, 0.2) is 5.16 Å². The normalized spacial score (nSPS) is 10.9. The number of aryl methyl sites for hydroxylation is 1. The molecule has 21 heavy (non-hydrogen) atoms. The fraction of sp³-hybridized carbons (Fsp3) is 0.286. The van der Waals surface area contributed by atoms with Gasteiger partial charge in [-0.15, -0.1) is 0 Å². The van der Waals surface area contributed by atoms with Crippen LogP contribution in [-0.4, -0.2) is 26.0 Å². The lowest BCUT2D eigenvalue weighted by Gasteiger charge is -2.09. The molecule has 0 unspecified atom stereocenters. The van der Waals surface area contributed by atoms with Crippen molar-refractivity contribution in [3.8, 4) is 0 Å². The van der Waals surface area contributed by atoms with Crippen LogP contribution >= 0.6 is 11.8 Å². The van der Waals surface area contributed by atoms with Gasteiger partial charge in [0.05, 0.1) is 5.56 Å². The van der Waals surface area contributed by atoms with Gasteiger partial charge in [0, 0.05) is 17.5 Å². The summed E-state index contributed by atoms with van der Waals surface area (Å²) in [5.74, 6) is -0.903. The monoisotopic (exact) mass is 305 g/mol. The second-order valence-electron chi connectivity index (χ2n) is 4.87. The average Bonchev–Trinajstić information content (AvgIpc) is 2.36. The molecular weight excluding hydrogens is 290 g/mol. The van der Waals surface area contributed by atoms with Crippen molar-refractivity contribution >= 4 is 17.7 Å². The second-order valence-corrected chi connectivity index (χ2v) is 5.88. The summed E-state index contributed by atoms with van der Waals surface area (Å²) in [7, 11) is 0. The summed E-state index contributed by atoms with van der Waals surface area (Å²) in [5, 5.41) is 10.0. The maximum Gasteiger partial charge on any atom is 0.335 e. The Bertz CT molecular complexity index is 740. The molecule has 7 heteroatoms. The number of carbonyl (C=O) groups is 1. The van der Waals surface area contributed by atoms with Gasteiger partial charge in [-0.1, -0.05) is 13.8 Å². The maximum atomic E-state index is 11.4. The van der Waals surface area contributed by atoms with Crippen LogP contribution in [0.15, 0.2) is 33.2 Å². The van der Waals surface area contributed by atoms with E-state index in [1.54, 1.807) is 13.0 Å². The van der Waals surface area contributed by atoms with Crippen LogP contribution in [0.25, 0.3) is 0 Å². The smallest absolute Gasteiger partial charge is 0.335 e. The Hall–Kier alpha value is -2.15. The molecule has 0 radical (unpaired) electrons. The Morgan fingerprint density at radius 3 is 2.57 bits per heavy atom. The van der Waals surface area contributed by atoms with Crippen molar-refractivity contribution in [3.05, 3.63) is 45.5 Å². The van der Waals surface area contributed by atoms with E-state index in [1.807, 2.05) is 13.8 Å². The van der Waals surface area contributed by atoms with Crippen molar-refractivity contribution in [2.75, 3.05) is 0 Å². The number of carboxylic acid groups (broad SMARTS) is 1. The summed E-state index contributed by atoms with van der Waals surface area (Å²) in [6.07, 6.45) is 0. The van der Waals surface area contributed by atoms with E-state index in [1.165, 1.54) is 12.1 Å². The fourth-order valence-corrected chi connectivity index (χ4v) is 2.57. The predicted octanol–water partition coefficient (Wildman–Crippen LogP) is 2.45. The van der Waals surface area contributed by atoms with E-state index in [0.717, 1.165) is 11.8 Å². The van der Waals surface area contributed by atoms with Gasteiger partial charge in [-0.25, -0.2) is 14.8 Å². The molecule has 0 atom stereocenters. The van der Waals surface area contributed by atoms with Crippen LogP contribution in [0.3, 0.4) is 0 Å². The van der Waals surface area contributed by atoms with Crippen molar-refractivity contribution in [1.29, 1.82) is 0 Å². The third-order valence-corrected chi connectivity index (χ3v) is 3.51. The molecule has 2 aromatic rings. The van der Waals surface area contributed by atoms with E-state index in [0.29, 0.717) is 21.6 Å². The summed E-state index contributed by atoms with van der Waals surface area (Å²) in [6, 6.07) is 4.43. The minimum atomic E-state index is -1.01. The fourth-order valence-electron chi connectivity index (χ4n) is 1.70. The minimum Gasteiger partial charge on any atom is -0.478 e. The van der Waals surface area contributed by atoms with Crippen molar-refractivity contribution in [1.82, 2.24) is 15.0 Å². The number of nitrogens with one attached hydrogen (secondary N) is 1. The largest absolute Gasteiger partial charge is 0.478 e. The van der Waals surface area contributed by atoms with E-state index < -0.39 is 5.97 Å². The lowest BCUT2D eigenvalue weighted by molar-refractivity contribution is 0.0696.